The third-order valence-corrected chi connectivity index (χ3v) is 7.45. The lowest BCUT2D eigenvalue weighted by atomic mass is 10.0. The number of halogens is 3. The number of hydrogen-bond acceptors (Lipinski definition) is 3. The number of hydrogen-bond donors (Lipinski definition) is 1. The minimum Gasteiger partial charge on any atom is -0.355 e. The molecule has 0 radical (unpaired) electrons. The smallest absolute Gasteiger partial charge is 0.355 e. The van der Waals surface area contributed by atoms with Gasteiger partial charge >= 0.3 is 6.18 Å². The molecule has 10 heteroatoms. The highest BCUT2D eigenvalue weighted by molar-refractivity contribution is 7.93. The Morgan fingerprint density at radius 3 is 2.31 bits per heavy atom. The largest absolute Gasteiger partial charge is 0.407 e. The SMILES string of the molecule is CNC(=O)c1cccc(-c2ccc(N(CC(F)(F)F)S(=O)(=O)c3cccc4c3ccn4C)cc2)c1. The monoisotopic (exact) mass is 501 g/mol. The van der Waals surface area contributed by atoms with Crippen molar-refractivity contribution in [2.75, 3.05) is 17.9 Å². The van der Waals surface area contributed by atoms with Gasteiger partial charge in [-0.1, -0.05) is 30.3 Å². The van der Waals surface area contributed by atoms with Gasteiger partial charge in [0.15, 0.2) is 0 Å². The molecule has 0 aliphatic carbocycles. The fraction of sp³-hybridized carbons (Fsp3) is 0.160. The number of carbonyl (C=O) groups excluding carboxylic acids is 1. The van der Waals surface area contributed by atoms with Crippen LogP contribution in [0.5, 0.6) is 0 Å². The highest BCUT2D eigenvalue weighted by Gasteiger charge is 2.38. The number of nitrogens with zero attached hydrogens (tertiary/aromatic N) is 2. The van der Waals surface area contributed by atoms with Crippen molar-refractivity contribution in [1.29, 1.82) is 0 Å². The van der Waals surface area contributed by atoms with Gasteiger partial charge in [0.25, 0.3) is 15.9 Å². The molecule has 0 atom stereocenters. The van der Waals surface area contributed by atoms with Gasteiger partial charge in [-0.3, -0.25) is 9.10 Å². The number of benzene rings is 3. The van der Waals surface area contributed by atoms with E-state index in [-0.39, 0.29) is 16.5 Å². The van der Waals surface area contributed by atoms with Crippen LogP contribution >= 0.6 is 0 Å². The van der Waals surface area contributed by atoms with Crippen LogP contribution < -0.4 is 9.62 Å². The minimum atomic E-state index is -4.77. The van der Waals surface area contributed by atoms with E-state index < -0.39 is 22.7 Å². The third-order valence-electron chi connectivity index (χ3n) is 5.62. The van der Waals surface area contributed by atoms with Crippen LogP contribution in [0.3, 0.4) is 0 Å². The Bertz CT molecular complexity index is 1490. The van der Waals surface area contributed by atoms with Gasteiger partial charge in [-0.25, -0.2) is 8.42 Å². The van der Waals surface area contributed by atoms with E-state index >= 15 is 0 Å². The molecule has 0 aliphatic heterocycles. The summed E-state index contributed by atoms with van der Waals surface area (Å²) in [6, 6.07) is 18.5. The molecular formula is C25H22F3N3O3S. The summed E-state index contributed by atoms with van der Waals surface area (Å²) in [6.07, 6.45) is -3.11. The molecule has 0 unspecified atom stereocenters. The molecule has 1 heterocycles. The highest BCUT2D eigenvalue weighted by atomic mass is 32.2. The summed E-state index contributed by atoms with van der Waals surface area (Å²) in [5, 5.41) is 2.87. The van der Waals surface area contributed by atoms with Crippen molar-refractivity contribution in [3.63, 3.8) is 0 Å². The van der Waals surface area contributed by atoms with Gasteiger partial charge in [0, 0.05) is 36.8 Å². The average Bonchev–Trinajstić information content (AvgIpc) is 3.22. The Hall–Kier alpha value is -3.79. The fourth-order valence-corrected chi connectivity index (χ4v) is 5.55. The number of aromatic nitrogens is 1. The maximum atomic E-state index is 13.5. The second kappa shape index (κ2) is 9.10. The van der Waals surface area contributed by atoms with Gasteiger partial charge in [0.05, 0.1) is 10.6 Å². The number of alkyl halides is 3. The van der Waals surface area contributed by atoms with Crippen LogP contribution in [0.2, 0.25) is 0 Å². The second-order valence-electron chi connectivity index (χ2n) is 7.95. The summed E-state index contributed by atoms with van der Waals surface area (Å²) in [6.45, 7) is -1.68. The zero-order valence-electron chi connectivity index (χ0n) is 18.9. The summed E-state index contributed by atoms with van der Waals surface area (Å²) in [5.41, 5.74) is 2.17. The van der Waals surface area contributed by atoms with E-state index in [1.807, 2.05) is 0 Å². The van der Waals surface area contributed by atoms with E-state index in [0.717, 1.165) is 0 Å². The molecule has 35 heavy (non-hydrogen) atoms. The number of fused-ring (bicyclic) bond motifs is 1. The van der Waals surface area contributed by atoms with Crippen molar-refractivity contribution >= 4 is 32.5 Å². The van der Waals surface area contributed by atoms with Gasteiger partial charge in [0.1, 0.15) is 6.54 Å². The van der Waals surface area contributed by atoms with Gasteiger partial charge in [-0.15, -0.1) is 0 Å². The quantitative estimate of drug-likeness (QED) is 0.406. The summed E-state index contributed by atoms with van der Waals surface area (Å²) in [4.78, 5) is 11.7. The van der Waals surface area contributed by atoms with Crippen molar-refractivity contribution in [3.8, 4) is 11.1 Å². The highest BCUT2D eigenvalue weighted by Crippen LogP contribution is 2.33. The van der Waals surface area contributed by atoms with Crippen LogP contribution in [0, 0.1) is 0 Å². The van der Waals surface area contributed by atoms with Crippen LogP contribution in [0.25, 0.3) is 22.0 Å². The lowest BCUT2D eigenvalue weighted by molar-refractivity contribution is -0.117. The van der Waals surface area contributed by atoms with E-state index in [9.17, 15) is 26.4 Å². The van der Waals surface area contributed by atoms with E-state index in [2.05, 4.69) is 5.32 Å². The Balaban J connectivity index is 1.77. The summed E-state index contributed by atoms with van der Waals surface area (Å²) in [7, 11) is -1.32. The van der Waals surface area contributed by atoms with Crippen molar-refractivity contribution in [1.82, 2.24) is 9.88 Å². The zero-order chi connectivity index (χ0) is 25.4. The number of carbonyl (C=O) groups is 1. The number of amides is 1. The first-order chi connectivity index (χ1) is 16.5. The molecule has 1 N–H and O–H groups in total. The van der Waals surface area contributed by atoms with Crippen LogP contribution in [-0.4, -0.2) is 38.7 Å². The number of aryl methyl sites for hydroxylation is 1. The van der Waals surface area contributed by atoms with Crippen molar-refractivity contribution in [2.45, 2.75) is 11.1 Å². The van der Waals surface area contributed by atoms with Gasteiger partial charge in [0.2, 0.25) is 0 Å². The molecule has 4 aromatic rings. The van der Waals surface area contributed by atoms with Crippen molar-refractivity contribution in [3.05, 3.63) is 84.6 Å². The molecule has 0 spiro atoms. The Kier molecular flexibility index (Phi) is 6.33. The molecule has 1 aromatic heterocycles. The Morgan fingerprint density at radius 1 is 0.971 bits per heavy atom. The summed E-state index contributed by atoms with van der Waals surface area (Å²) < 4.78 is 69.6. The maximum absolute atomic E-state index is 13.5. The number of anilines is 1. The van der Waals surface area contributed by atoms with Crippen LogP contribution in [0.4, 0.5) is 18.9 Å². The minimum absolute atomic E-state index is 0.124. The lowest BCUT2D eigenvalue weighted by Gasteiger charge is -2.26. The lowest BCUT2D eigenvalue weighted by Crippen LogP contribution is -2.39. The van der Waals surface area contributed by atoms with Crippen molar-refractivity contribution in [2.24, 2.45) is 7.05 Å². The van der Waals surface area contributed by atoms with E-state index in [1.165, 1.54) is 43.4 Å². The normalized spacial score (nSPS) is 12.0. The van der Waals surface area contributed by atoms with Gasteiger partial charge in [-0.2, -0.15) is 13.2 Å². The van der Waals surface area contributed by atoms with Crippen molar-refractivity contribution < 1.29 is 26.4 Å². The number of rotatable bonds is 6. The van der Waals surface area contributed by atoms with E-state index in [4.69, 9.17) is 0 Å². The molecule has 0 saturated heterocycles. The maximum Gasteiger partial charge on any atom is 0.407 e. The predicted octanol–water partition coefficient (Wildman–Crippen LogP) is 4.96. The predicted molar refractivity (Wildman–Crippen MR) is 129 cm³/mol. The first-order valence-corrected chi connectivity index (χ1v) is 12.0. The molecule has 1 amide bonds. The molecule has 6 nitrogen and oxygen atoms in total. The van der Waals surface area contributed by atoms with Gasteiger partial charge in [-0.05, 0) is 53.6 Å². The summed E-state index contributed by atoms with van der Waals surface area (Å²) >= 11 is 0. The standard InChI is InChI=1S/C25H22F3N3O3S/c1-29-24(32)19-6-3-5-18(15-19)17-9-11-20(12-10-17)31(16-25(26,27)28)35(33,34)23-8-4-7-22-21(23)13-14-30(22)2/h3-15H,16H2,1-2H3,(H,29,32). The molecule has 4 rings (SSSR count). The average molecular weight is 502 g/mol. The molecule has 0 aliphatic rings. The molecular weight excluding hydrogens is 479 g/mol. The second-order valence-corrected chi connectivity index (χ2v) is 9.78. The summed E-state index contributed by atoms with van der Waals surface area (Å²) in [5.74, 6) is -0.277. The first kappa shape index (κ1) is 24.3. The molecule has 0 bridgehead atoms. The van der Waals surface area contributed by atoms with Crippen LogP contribution in [-0.2, 0) is 17.1 Å². The van der Waals surface area contributed by atoms with Crippen LogP contribution in [0.1, 0.15) is 10.4 Å². The van der Waals surface area contributed by atoms with Gasteiger partial charge < -0.3 is 9.88 Å². The number of sulfonamides is 1. The number of nitrogens with one attached hydrogen (secondary N) is 1. The Morgan fingerprint density at radius 2 is 1.66 bits per heavy atom. The Labute approximate surface area is 200 Å². The first-order valence-electron chi connectivity index (χ1n) is 10.6. The third kappa shape index (κ3) is 4.88. The fourth-order valence-electron chi connectivity index (χ4n) is 3.90. The zero-order valence-corrected chi connectivity index (χ0v) is 19.7. The van der Waals surface area contributed by atoms with E-state index in [0.29, 0.717) is 31.9 Å². The molecule has 3 aromatic carbocycles. The van der Waals surface area contributed by atoms with Crippen LogP contribution in [0.15, 0.2) is 83.9 Å². The molecule has 0 saturated carbocycles. The molecule has 0 fully saturated rings. The topological polar surface area (TPSA) is 71.4 Å². The molecule has 182 valence electrons. The van der Waals surface area contributed by atoms with E-state index in [1.54, 1.807) is 54.2 Å².